The molecule has 1 atom stereocenters. The highest BCUT2D eigenvalue weighted by Crippen LogP contribution is 2.31. The van der Waals surface area contributed by atoms with Crippen molar-refractivity contribution in [2.75, 3.05) is 18.8 Å². The third-order valence-electron chi connectivity index (χ3n) is 6.16. The Morgan fingerprint density at radius 2 is 2.06 bits per heavy atom. The van der Waals surface area contributed by atoms with Gasteiger partial charge in [0.2, 0.25) is 10.0 Å². The quantitative estimate of drug-likeness (QED) is 0.778. The van der Waals surface area contributed by atoms with Gasteiger partial charge >= 0.3 is 0 Å². The standard InChI is InChI=1S/C22H28N4O4S/c1-3-31(29,30)25-12-10-17-18(14-25)23-20(24-21(17)27)19-9-4-5-11-26(19)22(28)16-8-6-7-15(2)13-16/h6-8,13,19H,3-5,9-12,14H2,1-2H3,(H,23,24,27). The van der Waals surface area contributed by atoms with Gasteiger partial charge in [0.1, 0.15) is 5.82 Å². The molecule has 0 spiro atoms. The molecule has 9 heteroatoms. The van der Waals surface area contributed by atoms with E-state index in [0.29, 0.717) is 42.0 Å². The molecule has 1 N–H and O–H groups in total. The molecule has 31 heavy (non-hydrogen) atoms. The third kappa shape index (κ3) is 4.29. The first kappa shape index (κ1) is 21.7. The summed E-state index contributed by atoms with van der Waals surface area (Å²) in [6, 6.07) is 7.15. The number of H-pyrrole nitrogens is 1. The van der Waals surface area contributed by atoms with Gasteiger partial charge in [-0.2, -0.15) is 4.31 Å². The summed E-state index contributed by atoms with van der Waals surface area (Å²) in [5, 5.41) is 0. The number of rotatable bonds is 4. The van der Waals surface area contributed by atoms with Crippen molar-refractivity contribution in [3.05, 3.63) is 62.8 Å². The van der Waals surface area contributed by atoms with Crippen LogP contribution in [0.3, 0.4) is 0 Å². The summed E-state index contributed by atoms with van der Waals surface area (Å²) < 4.78 is 26.0. The number of hydrogen-bond acceptors (Lipinski definition) is 5. The topological polar surface area (TPSA) is 103 Å². The van der Waals surface area contributed by atoms with Gasteiger partial charge in [-0.05, 0) is 51.7 Å². The van der Waals surface area contributed by atoms with E-state index in [9.17, 15) is 18.0 Å². The molecule has 4 rings (SSSR count). The van der Waals surface area contributed by atoms with Crippen molar-refractivity contribution in [2.24, 2.45) is 0 Å². The molecule has 2 aliphatic heterocycles. The van der Waals surface area contributed by atoms with E-state index >= 15 is 0 Å². The highest BCUT2D eigenvalue weighted by molar-refractivity contribution is 7.89. The zero-order valence-corrected chi connectivity index (χ0v) is 18.7. The van der Waals surface area contributed by atoms with Crippen molar-refractivity contribution in [3.63, 3.8) is 0 Å². The van der Waals surface area contributed by atoms with Gasteiger partial charge in [-0.25, -0.2) is 13.4 Å². The third-order valence-corrected chi connectivity index (χ3v) is 7.99. The Balaban J connectivity index is 1.68. The SMILES string of the molecule is CCS(=O)(=O)N1CCc2c(nc(C3CCCCN3C(=O)c3cccc(C)c3)[nH]c2=O)C1. The molecular weight excluding hydrogens is 416 g/mol. The largest absolute Gasteiger partial charge is 0.328 e. The lowest BCUT2D eigenvalue weighted by Gasteiger charge is -2.36. The number of benzene rings is 1. The van der Waals surface area contributed by atoms with Crippen molar-refractivity contribution in [2.45, 2.75) is 52.1 Å². The number of carbonyl (C=O) groups is 1. The molecule has 166 valence electrons. The molecule has 1 unspecified atom stereocenters. The first-order valence-corrected chi connectivity index (χ1v) is 12.4. The van der Waals surface area contributed by atoms with Crippen LogP contribution >= 0.6 is 0 Å². The molecule has 0 aliphatic carbocycles. The van der Waals surface area contributed by atoms with Gasteiger partial charge in [-0.15, -0.1) is 0 Å². The van der Waals surface area contributed by atoms with Crippen molar-refractivity contribution in [1.29, 1.82) is 0 Å². The van der Waals surface area contributed by atoms with E-state index in [1.807, 2.05) is 25.1 Å². The number of sulfonamides is 1. The van der Waals surface area contributed by atoms with Gasteiger partial charge in [-0.3, -0.25) is 9.59 Å². The molecule has 0 bridgehead atoms. The maximum Gasteiger partial charge on any atom is 0.254 e. The van der Waals surface area contributed by atoms with Crippen LogP contribution in [0, 0.1) is 6.92 Å². The smallest absolute Gasteiger partial charge is 0.254 e. The number of nitrogens with zero attached hydrogens (tertiary/aromatic N) is 3. The molecule has 2 aromatic rings. The Labute approximate surface area is 182 Å². The van der Waals surface area contributed by atoms with E-state index in [1.54, 1.807) is 17.9 Å². The Bertz CT molecular complexity index is 1160. The average molecular weight is 445 g/mol. The van der Waals surface area contributed by atoms with E-state index in [0.717, 1.165) is 18.4 Å². The van der Waals surface area contributed by atoms with Crippen LogP contribution in [0.15, 0.2) is 29.1 Å². The molecule has 1 amide bonds. The summed E-state index contributed by atoms with van der Waals surface area (Å²) in [5.74, 6) is 0.379. The van der Waals surface area contributed by atoms with E-state index in [4.69, 9.17) is 0 Å². The number of fused-ring (bicyclic) bond motifs is 1. The average Bonchev–Trinajstić information content (AvgIpc) is 2.78. The number of aromatic nitrogens is 2. The highest BCUT2D eigenvalue weighted by Gasteiger charge is 2.33. The van der Waals surface area contributed by atoms with Crippen molar-refractivity contribution in [3.8, 4) is 0 Å². The summed E-state index contributed by atoms with van der Waals surface area (Å²) in [6.45, 7) is 4.53. The number of aryl methyl sites for hydroxylation is 1. The molecule has 0 saturated carbocycles. The number of amides is 1. The van der Waals surface area contributed by atoms with Gasteiger partial charge in [0, 0.05) is 24.2 Å². The van der Waals surface area contributed by atoms with E-state index in [-0.39, 0.29) is 36.4 Å². The fourth-order valence-electron chi connectivity index (χ4n) is 4.42. The fraction of sp³-hybridized carbons (Fsp3) is 0.500. The second-order valence-electron chi connectivity index (χ2n) is 8.24. The summed E-state index contributed by atoms with van der Waals surface area (Å²) in [5.41, 5.74) is 2.43. The molecule has 1 saturated heterocycles. The minimum Gasteiger partial charge on any atom is -0.328 e. The van der Waals surface area contributed by atoms with Crippen LogP contribution in [-0.2, 0) is 23.0 Å². The Morgan fingerprint density at radius 1 is 1.26 bits per heavy atom. The lowest BCUT2D eigenvalue weighted by molar-refractivity contribution is 0.0598. The summed E-state index contributed by atoms with van der Waals surface area (Å²) in [4.78, 5) is 35.4. The van der Waals surface area contributed by atoms with Crippen LogP contribution in [0.2, 0.25) is 0 Å². The molecule has 1 aromatic heterocycles. The highest BCUT2D eigenvalue weighted by atomic mass is 32.2. The summed E-state index contributed by atoms with van der Waals surface area (Å²) in [6.07, 6.45) is 2.87. The van der Waals surface area contributed by atoms with Crippen LogP contribution < -0.4 is 5.56 Å². The lowest BCUT2D eigenvalue weighted by atomic mass is 9.99. The fourth-order valence-corrected chi connectivity index (χ4v) is 5.47. The van der Waals surface area contributed by atoms with Crippen molar-refractivity contribution >= 4 is 15.9 Å². The Kier molecular flexibility index (Phi) is 5.98. The first-order valence-electron chi connectivity index (χ1n) is 10.8. The van der Waals surface area contributed by atoms with Crippen molar-refractivity contribution in [1.82, 2.24) is 19.2 Å². The number of hydrogen-bond donors (Lipinski definition) is 1. The Morgan fingerprint density at radius 3 is 2.81 bits per heavy atom. The second-order valence-corrected chi connectivity index (χ2v) is 10.5. The van der Waals surface area contributed by atoms with Gasteiger partial charge in [-0.1, -0.05) is 17.7 Å². The van der Waals surface area contributed by atoms with Crippen LogP contribution in [0.4, 0.5) is 0 Å². The normalized spacial score (nSPS) is 19.8. The zero-order valence-electron chi connectivity index (χ0n) is 17.9. The predicted octanol–water partition coefficient (Wildman–Crippen LogP) is 2.15. The minimum absolute atomic E-state index is 0.0137. The molecule has 3 heterocycles. The van der Waals surface area contributed by atoms with Crippen LogP contribution in [0.25, 0.3) is 0 Å². The van der Waals surface area contributed by atoms with Crippen molar-refractivity contribution < 1.29 is 13.2 Å². The van der Waals surface area contributed by atoms with Crippen LogP contribution in [-0.4, -0.2) is 52.3 Å². The molecule has 0 radical (unpaired) electrons. The molecule has 2 aliphatic rings. The van der Waals surface area contributed by atoms with Gasteiger partial charge in [0.05, 0.1) is 24.0 Å². The lowest BCUT2D eigenvalue weighted by Crippen LogP contribution is -2.42. The van der Waals surface area contributed by atoms with Crippen LogP contribution in [0.5, 0.6) is 0 Å². The van der Waals surface area contributed by atoms with E-state index in [2.05, 4.69) is 9.97 Å². The summed E-state index contributed by atoms with van der Waals surface area (Å²) >= 11 is 0. The number of carbonyl (C=O) groups excluding carboxylic acids is 1. The maximum absolute atomic E-state index is 13.3. The Hall–Kier alpha value is -2.52. The predicted molar refractivity (Wildman–Crippen MR) is 117 cm³/mol. The molecular formula is C22H28N4O4S. The van der Waals surface area contributed by atoms with Crippen LogP contribution in [0.1, 0.15) is 65.2 Å². The number of likely N-dealkylation sites (tertiary alicyclic amines) is 1. The van der Waals surface area contributed by atoms with Gasteiger partial charge in [0.15, 0.2) is 0 Å². The molecule has 1 aromatic carbocycles. The van der Waals surface area contributed by atoms with Gasteiger partial charge < -0.3 is 9.88 Å². The number of piperidine rings is 1. The second kappa shape index (κ2) is 8.55. The maximum atomic E-state index is 13.3. The monoisotopic (exact) mass is 444 g/mol. The molecule has 1 fully saturated rings. The first-order chi connectivity index (χ1) is 14.8. The molecule has 8 nitrogen and oxygen atoms in total. The van der Waals surface area contributed by atoms with E-state index in [1.165, 1.54) is 4.31 Å². The van der Waals surface area contributed by atoms with Gasteiger partial charge in [0.25, 0.3) is 11.5 Å². The number of aromatic amines is 1. The summed E-state index contributed by atoms with van der Waals surface area (Å²) in [7, 11) is -3.36. The number of nitrogens with one attached hydrogen (secondary N) is 1. The minimum atomic E-state index is -3.36. The van der Waals surface area contributed by atoms with E-state index < -0.39 is 10.0 Å². The zero-order chi connectivity index (χ0) is 22.2.